The van der Waals surface area contributed by atoms with Gasteiger partial charge in [0.25, 0.3) is 0 Å². The maximum atomic E-state index is 12.3. The Morgan fingerprint density at radius 2 is 1.91 bits per heavy atom. The minimum atomic E-state index is -4.53. The molecule has 0 spiro atoms. The summed E-state index contributed by atoms with van der Waals surface area (Å²) in [7, 11) is -0.173. The number of allylic oxidation sites excluding steroid dienone is 2. The van der Waals surface area contributed by atoms with Crippen LogP contribution in [0.5, 0.6) is 0 Å². The Kier molecular flexibility index (Phi) is 9.89. The fraction of sp³-hybridized carbons (Fsp3) is 0.538. The lowest BCUT2D eigenvalue weighted by atomic mass is 10.4. The molecule has 0 aromatic carbocycles. The SMILES string of the molecule is CCNC(=O)N/C(N)=C/C(CS/C=C(\N)C(F)(F)F)=S(\C)CC. The Balaban J connectivity index is 4.96. The molecule has 1 atom stereocenters. The number of rotatable bonds is 7. The van der Waals surface area contributed by atoms with E-state index in [0.717, 1.165) is 27.8 Å². The first kappa shape index (κ1) is 21.7. The smallest absolute Gasteiger partial charge is 0.394 e. The van der Waals surface area contributed by atoms with Gasteiger partial charge in [-0.05, 0) is 35.3 Å². The Morgan fingerprint density at radius 3 is 2.39 bits per heavy atom. The van der Waals surface area contributed by atoms with Crippen LogP contribution in [0.25, 0.3) is 0 Å². The van der Waals surface area contributed by atoms with Gasteiger partial charge in [0.1, 0.15) is 11.5 Å². The van der Waals surface area contributed by atoms with Crippen LogP contribution < -0.4 is 22.1 Å². The fourth-order valence-electron chi connectivity index (χ4n) is 1.25. The molecule has 1 unspecified atom stereocenters. The fourth-order valence-corrected chi connectivity index (χ4v) is 3.61. The maximum Gasteiger partial charge on any atom is 0.431 e. The highest BCUT2D eigenvalue weighted by molar-refractivity contribution is 8.17. The summed E-state index contributed by atoms with van der Waals surface area (Å²) in [6.45, 7) is 4.20. The molecule has 10 heteroatoms. The van der Waals surface area contributed by atoms with Crippen molar-refractivity contribution in [1.29, 1.82) is 0 Å². The average Bonchev–Trinajstić information content (AvgIpc) is 2.44. The van der Waals surface area contributed by atoms with Crippen LogP contribution in [0, 0.1) is 0 Å². The summed E-state index contributed by atoms with van der Waals surface area (Å²) < 4.78 is 37.0. The van der Waals surface area contributed by atoms with Crippen molar-refractivity contribution < 1.29 is 18.0 Å². The maximum absolute atomic E-state index is 12.3. The van der Waals surface area contributed by atoms with Gasteiger partial charge in [-0.2, -0.15) is 23.7 Å². The third-order valence-electron chi connectivity index (χ3n) is 2.56. The number of nitrogens with two attached hydrogens (primary N) is 2. The summed E-state index contributed by atoms with van der Waals surface area (Å²) >= 11 is 0.946. The van der Waals surface area contributed by atoms with Crippen molar-refractivity contribution in [3.05, 3.63) is 23.0 Å². The Hall–Kier alpha value is -1.29. The van der Waals surface area contributed by atoms with Crippen LogP contribution >= 0.6 is 22.2 Å². The highest BCUT2D eigenvalue weighted by atomic mass is 32.2. The molecule has 6 N–H and O–H groups in total. The summed E-state index contributed by atoms with van der Waals surface area (Å²) in [5.74, 6) is 1.27. The molecule has 0 bridgehead atoms. The average molecular weight is 372 g/mol. The van der Waals surface area contributed by atoms with Gasteiger partial charge in [0.15, 0.2) is 0 Å². The number of carbonyl (C=O) groups is 1. The van der Waals surface area contributed by atoms with E-state index in [-0.39, 0.29) is 16.3 Å². The zero-order valence-corrected chi connectivity index (χ0v) is 14.9. The number of amides is 2. The number of hydrogen-bond donors (Lipinski definition) is 4. The molecular weight excluding hydrogens is 349 g/mol. The van der Waals surface area contributed by atoms with E-state index in [1.807, 2.05) is 13.2 Å². The molecule has 0 aliphatic carbocycles. The normalized spacial score (nSPS) is 15.1. The van der Waals surface area contributed by atoms with Crippen LogP contribution in [0.3, 0.4) is 0 Å². The van der Waals surface area contributed by atoms with E-state index in [9.17, 15) is 18.0 Å². The van der Waals surface area contributed by atoms with Gasteiger partial charge in [-0.15, -0.1) is 11.8 Å². The molecule has 0 saturated heterocycles. The van der Waals surface area contributed by atoms with Gasteiger partial charge < -0.3 is 16.8 Å². The first-order valence-corrected chi connectivity index (χ1v) is 9.61. The summed E-state index contributed by atoms with van der Waals surface area (Å²) in [4.78, 5) is 12.2. The molecule has 0 aliphatic rings. The molecule has 23 heavy (non-hydrogen) atoms. The lowest BCUT2D eigenvalue weighted by Crippen LogP contribution is -2.37. The molecule has 0 radical (unpaired) electrons. The van der Waals surface area contributed by atoms with E-state index < -0.39 is 17.9 Å². The molecule has 5 nitrogen and oxygen atoms in total. The van der Waals surface area contributed by atoms with E-state index >= 15 is 0 Å². The number of urea groups is 1. The van der Waals surface area contributed by atoms with E-state index in [1.54, 1.807) is 13.0 Å². The second kappa shape index (κ2) is 10.5. The Bertz CT molecular complexity index is 502. The molecule has 0 aliphatic heterocycles. The zero-order valence-electron chi connectivity index (χ0n) is 13.3. The largest absolute Gasteiger partial charge is 0.431 e. The van der Waals surface area contributed by atoms with Gasteiger partial charge in [-0.25, -0.2) is 4.79 Å². The van der Waals surface area contributed by atoms with Gasteiger partial charge in [0.05, 0.1) is 0 Å². The predicted molar refractivity (Wildman–Crippen MR) is 94.3 cm³/mol. The molecule has 0 rings (SSSR count). The summed E-state index contributed by atoms with van der Waals surface area (Å²) in [5.41, 5.74) is 9.56. The van der Waals surface area contributed by atoms with Crippen LogP contribution in [0.1, 0.15) is 13.8 Å². The molecule has 0 aromatic heterocycles. The number of alkyl halides is 3. The minimum absolute atomic E-state index is 0.145. The highest BCUT2D eigenvalue weighted by Gasteiger charge is 2.31. The third-order valence-corrected chi connectivity index (χ3v) is 5.66. The Morgan fingerprint density at radius 1 is 1.30 bits per heavy atom. The molecular formula is C13H23F3N4OS2. The molecule has 0 heterocycles. The van der Waals surface area contributed by atoms with E-state index in [1.165, 1.54) is 0 Å². The number of carbonyl (C=O) groups excluding carboxylic acids is 1. The molecule has 0 fully saturated rings. The van der Waals surface area contributed by atoms with Crippen LogP contribution in [0.4, 0.5) is 18.0 Å². The van der Waals surface area contributed by atoms with Gasteiger partial charge in [0.2, 0.25) is 0 Å². The standard InChI is InChI=1S/C13H23F3N4OS2/c1-4-19-12(21)20-11(18)6-9(23(3)5-2)7-22-8-10(17)13(14,15)16/h6,8H,4-5,7,17-18H2,1-3H3,(H2,19,20,21)/b10-8-,11-6+. The van der Waals surface area contributed by atoms with Crippen molar-refractivity contribution in [2.45, 2.75) is 20.0 Å². The van der Waals surface area contributed by atoms with Gasteiger partial charge >= 0.3 is 12.2 Å². The zero-order chi connectivity index (χ0) is 18.0. The van der Waals surface area contributed by atoms with Crippen LogP contribution in [-0.4, -0.2) is 41.4 Å². The third kappa shape index (κ3) is 9.44. The summed E-state index contributed by atoms with van der Waals surface area (Å²) in [6, 6.07) is -0.429. The van der Waals surface area contributed by atoms with Crippen LogP contribution in [0.15, 0.2) is 23.0 Å². The van der Waals surface area contributed by atoms with Gasteiger partial charge in [0, 0.05) is 12.3 Å². The van der Waals surface area contributed by atoms with Crippen molar-refractivity contribution in [3.8, 4) is 0 Å². The minimum Gasteiger partial charge on any atom is -0.394 e. The van der Waals surface area contributed by atoms with E-state index in [2.05, 4.69) is 10.6 Å². The van der Waals surface area contributed by atoms with Gasteiger partial charge in [-0.1, -0.05) is 6.92 Å². The molecule has 0 aromatic rings. The quantitative estimate of drug-likeness (QED) is 0.407. The number of nitrogens with one attached hydrogen (secondary N) is 2. The first-order valence-electron chi connectivity index (χ1n) is 6.76. The molecule has 134 valence electrons. The van der Waals surface area contributed by atoms with Crippen molar-refractivity contribution in [1.82, 2.24) is 10.6 Å². The molecule has 2 amide bonds. The summed E-state index contributed by atoms with van der Waals surface area (Å²) in [6.07, 6.45) is -0.977. The predicted octanol–water partition coefficient (Wildman–Crippen LogP) is 2.29. The number of thioether (sulfide) groups is 1. The van der Waals surface area contributed by atoms with E-state index in [4.69, 9.17) is 11.5 Å². The van der Waals surface area contributed by atoms with Crippen molar-refractivity contribution in [2.24, 2.45) is 11.5 Å². The van der Waals surface area contributed by atoms with Crippen LogP contribution in [-0.2, 0) is 0 Å². The van der Waals surface area contributed by atoms with Crippen molar-refractivity contribution in [2.75, 3.05) is 24.3 Å². The highest BCUT2D eigenvalue weighted by Crippen LogP contribution is 2.24. The number of hydrogen-bond acceptors (Lipinski definition) is 4. The number of halogens is 3. The van der Waals surface area contributed by atoms with E-state index in [0.29, 0.717) is 12.3 Å². The van der Waals surface area contributed by atoms with Crippen molar-refractivity contribution in [3.63, 3.8) is 0 Å². The summed E-state index contributed by atoms with van der Waals surface area (Å²) in [5, 5.41) is 5.87. The second-order valence-corrected chi connectivity index (χ2v) is 7.59. The molecule has 0 saturated carbocycles. The van der Waals surface area contributed by atoms with Gasteiger partial charge in [-0.3, -0.25) is 5.32 Å². The lowest BCUT2D eigenvalue weighted by molar-refractivity contribution is -0.0924. The lowest BCUT2D eigenvalue weighted by Gasteiger charge is -2.11. The Labute approximate surface area is 141 Å². The van der Waals surface area contributed by atoms with Crippen LogP contribution in [0.2, 0.25) is 0 Å². The topological polar surface area (TPSA) is 93.2 Å². The van der Waals surface area contributed by atoms with Crippen molar-refractivity contribution >= 4 is 33.1 Å². The monoisotopic (exact) mass is 372 g/mol. The first-order chi connectivity index (χ1) is 10.6. The second-order valence-electron chi connectivity index (χ2n) is 4.36.